The fourth-order valence-electron chi connectivity index (χ4n) is 4.80. The molecule has 2 heterocycles. The lowest BCUT2D eigenvalue weighted by Crippen LogP contribution is -2.21. The zero-order chi connectivity index (χ0) is 31.5. The molecular weight excluding hydrogens is 640 g/mol. The fraction of sp³-hybridized carbons (Fsp3) is 0.118. The zero-order valence-electron chi connectivity index (χ0n) is 24.5. The number of carbonyl (C=O) groups excluding carboxylic acids is 1. The highest BCUT2D eigenvalue weighted by Crippen LogP contribution is 2.35. The minimum atomic E-state index is -0.402. The lowest BCUT2D eigenvalue weighted by atomic mass is 10.2. The van der Waals surface area contributed by atoms with Gasteiger partial charge in [0, 0.05) is 15.7 Å². The maximum atomic E-state index is 13.8. The summed E-state index contributed by atoms with van der Waals surface area (Å²) in [7, 11) is 3.07. The molecule has 0 aliphatic carbocycles. The van der Waals surface area contributed by atoms with E-state index in [9.17, 15) is 9.59 Å². The Bertz CT molecular complexity index is 2140. The molecule has 0 atom stereocenters. The first kappa shape index (κ1) is 29.6. The van der Waals surface area contributed by atoms with E-state index in [-0.39, 0.29) is 24.1 Å². The highest BCUT2D eigenvalue weighted by atomic mass is 79.9. The highest BCUT2D eigenvalue weighted by molar-refractivity contribution is 9.10. The van der Waals surface area contributed by atoms with E-state index in [1.165, 1.54) is 18.0 Å². The molecule has 226 valence electrons. The summed E-state index contributed by atoms with van der Waals surface area (Å²) in [5.41, 5.74) is 2.83. The molecule has 0 aliphatic heterocycles. The van der Waals surface area contributed by atoms with Crippen molar-refractivity contribution in [3.05, 3.63) is 111 Å². The number of para-hydroxylation sites is 1. The molecule has 1 amide bonds. The lowest BCUT2D eigenvalue weighted by molar-refractivity contribution is -0.118. The summed E-state index contributed by atoms with van der Waals surface area (Å²) in [4.78, 5) is 31.3. The summed E-state index contributed by atoms with van der Waals surface area (Å²) in [5, 5.41) is 8.48. The van der Waals surface area contributed by atoms with E-state index in [0.717, 1.165) is 10.9 Å². The van der Waals surface area contributed by atoms with Crippen LogP contribution in [0.25, 0.3) is 33.5 Å². The summed E-state index contributed by atoms with van der Waals surface area (Å²) in [6.07, 6.45) is 1.45. The molecule has 0 fully saturated rings. The van der Waals surface area contributed by atoms with Crippen molar-refractivity contribution >= 4 is 55.6 Å². The third-order valence-corrected chi connectivity index (χ3v) is 7.44. The van der Waals surface area contributed by atoms with Crippen molar-refractivity contribution in [1.29, 1.82) is 0 Å². The standard InChI is InChI=1S/C34H27BrN4O6/c1-20-11-13-23(14-12-20)37-31(40)19-44-32-21(15-22(35)16-29(32)43-3)18-36-39-33(38-26-8-5-4-7-24(26)34(39)41)30-17-25-27(42-2)9-6-10-28(25)45-30/h4-18H,19H2,1-3H3,(H,37,40). The van der Waals surface area contributed by atoms with Crippen molar-refractivity contribution in [2.24, 2.45) is 5.10 Å². The summed E-state index contributed by atoms with van der Waals surface area (Å²) >= 11 is 3.49. The Morgan fingerprint density at radius 3 is 2.53 bits per heavy atom. The first-order chi connectivity index (χ1) is 21.8. The van der Waals surface area contributed by atoms with Crippen molar-refractivity contribution in [3.63, 3.8) is 0 Å². The maximum absolute atomic E-state index is 13.8. The van der Waals surface area contributed by atoms with E-state index in [1.54, 1.807) is 55.6 Å². The number of furan rings is 1. The van der Waals surface area contributed by atoms with E-state index in [0.29, 0.717) is 49.5 Å². The van der Waals surface area contributed by atoms with Gasteiger partial charge in [-0.25, -0.2) is 4.98 Å². The van der Waals surface area contributed by atoms with Gasteiger partial charge >= 0.3 is 0 Å². The minimum absolute atomic E-state index is 0.190. The monoisotopic (exact) mass is 666 g/mol. The highest BCUT2D eigenvalue weighted by Gasteiger charge is 2.19. The number of hydrogen-bond donors (Lipinski definition) is 1. The summed E-state index contributed by atoms with van der Waals surface area (Å²) in [6.45, 7) is 1.67. The number of nitrogens with one attached hydrogen (secondary N) is 1. The molecule has 1 N–H and O–H groups in total. The number of halogens is 1. The van der Waals surface area contributed by atoms with Gasteiger partial charge in [0.1, 0.15) is 11.3 Å². The molecule has 10 nitrogen and oxygen atoms in total. The Hall–Kier alpha value is -5.42. The Balaban J connectivity index is 1.40. The average molecular weight is 668 g/mol. The SMILES string of the molecule is COc1cc(Br)cc(C=Nn2c(-c3cc4c(OC)cccc4o3)nc3ccccc3c2=O)c1OCC(=O)Nc1ccc(C)cc1. The van der Waals surface area contributed by atoms with Crippen molar-refractivity contribution in [2.45, 2.75) is 6.92 Å². The van der Waals surface area contributed by atoms with Crippen LogP contribution < -0.4 is 25.1 Å². The third-order valence-electron chi connectivity index (χ3n) is 6.98. The number of ether oxygens (including phenoxy) is 3. The van der Waals surface area contributed by atoms with E-state index in [1.807, 2.05) is 43.3 Å². The van der Waals surface area contributed by atoms with Gasteiger partial charge in [-0.3, -0.25) is 9.59 Å². The summed E-state index contributed by atoms with van der Waals surface area (Å²) < 4.78 is 25.0. The molecule has 4 aromatic carbocycles. The van der Waals surface area contributed by atoms with Crippen molar-refractivity contribution in [2.75, 3.05) is 26.1 Å². The molecule has 0 radical (unpaired) electrons. The quantitative estimate of drug-likeness (QED) is 0.169. The van der Waals surface area contributed by atoms with Crippen LogP contribution in [-0.4, -0.2) is 42.6 Å². The number of fused-ring (bicyclic) bond motifs is 2. The fourth-order valence-corrected chi connectivity index (χ4v) is 5.25. The van der Waals surface area contributed by atoms with Gasteiger partial charge < -0.3 is 23.9 Å². The topological polar surface area (TPSA) is 117 Å². The predicted molar refractivity (Wildman–Crippen MR) is 177 cm³/mol. The van der Waals surface area contributed by atoms with Crippen LogP contribution in [0.5, 0.6) is 17.2 Å². The van der Waals surface area contributed by atoms with Gasteiger partial charge in [0.15, 0.2) is 23.9 Å². The van der Waals surface area contributed by atoms with Gasteiger partial charge in [0.05, 0.1) is 36.7 Å². The number of benzene rings is 4. The first-order valence-corrected chi connectivity index (χ1v) is 14.6. The van der Waals surface area contributed by atoms with E-state index in [4.69, 9.17) is 23.6 Å². The Kier molecular flexibility index (Phi) is 8.35. The molecule has 0 aliphatic rings. The van der Waals surface area contributed by atoms with Crippen LogP contribution in [0.15, 0.2) is 104 Å². The molecule has 0 bridgehead atoms. The van der Waals surface area contributed by atoms with E-state index in [2.05, 4.69) is 26.3 Å². The first-order valence-electron chi connectivity index (χ1n) is 13.8. The van der Waals surface area contributed by atoms with Crippen LogP contribution in [0.1, 0.15) is 11.1 Å². The number of rotatable bonds is 9. The normalized spacial score (nSPS) is 11.3. The minimum Gasteiger partial charge on any atom is -0.496 e. The van der Waals surface area contributed by atoms with Crippen LogP contribution in [0, 0.1) is 6.92 Å². The zero-order valence-corrected chi connectivity index (χ0v) is 26.1. The predicted octanol–water partition coefficient (Wildman–Crippen LogP) is 6.80. The van der Waals surface area contributed by atoms with Gasteiger partial charge in [-0.05, 0) is 61.5 Å². The molecule has 45 heavy (non-hydrogen) atoms. The molecule has 2 aromatic heterocycles. The van der Waals surface area contributed by atoms with Crippen LogP contribution >= 0.6 is 15.9 Å². The maximum Gasteiger partial charge on any atom is 0.282 e. The molecule has 6 aromatic rings. The summed E-state index contributed by atoms with van der Waals surface area (Å²) in [6, 6.07) is 25.1. The number of aryl methyl sites for hydroxylation is 1. The number of hydrogen-bond acceptors (Lipinski definition) is 8. The van der Waals surface area contributed by atoms with Gasteiger partial charge in [-0.15, -0.1) is 0 Å². The molecule has 0 saturated carbocycles. The van der Waals surface area contributed by atoms with Gasteiger partial charge in [-0.1, -0.05) is 51.8 Å². The Morgan fingerprint density at radius 1 is 0.978 bits per heavy atom. The number of anilines is 1. The molecule has 0 spiro atoms. The second-order valence-electron chi connectivity index (χ2n) is 10.0. The molecular formula is C34H27BrN4O6. The van der Waals surface area contributed by atoms with Crippen LogP contribution in [-0.2, 0) is 4.79 Å². The van der Waals surface area contributed by atoms with Crippen LogP contribution in [0.2, 0.25) is 0 Å². The van der Waals surface area contributed by atoms with Gasteiger partial charge in [0.2, 0.25) is 5.82 Å². The number of nitrogens with zero attached hydrogens (tertiary/aromatic N) is 3. The van der Waals surface area contributed by atoms with Crippen LogP contribution in [0.4, 0.5) is 5.69 Å². The second kappa shape index (κ2) is 12.7. The van der Waals surface area contributed by atoms with E-state index >= 15 is 0 Å². The molecule has 6 rings (SSSR count). The Morgan fingerprint density at radius 2 is 1.76 bits per heavy atom. The van der Waals surface area contributed by atoms with Crippen molar-refractivity contribution in [1.82, 2.24) is 9.66 Å². The molecule has 0 saturated heterocycles. The molecule has 0 unspecified atom stereocenters. The van der Waals surface area contributed by atoms with Crippen molar-refractivity contribution in [3.8, 4) is 28.8 Å². The number of methoxy groups -OCH3 is 2. The number of carbonyl (C=O) groups is 1. The van der Waals surface area contributed by atoms with E-state index < -0.39 is 5.56 Å². The second-order valence-corrected chi connectivity index (χ2v) is 10.9. The lowest BCUT2D eigenvalue weighted by Gasteiger charge is -2.14. The van der Waals surface area contributed by atoms with Gasteiger partial charge in [-0.2, -0.15) is 9.78 Å². The smallest absolute Gasteiger partial charge is 0.282 e. The van der Waals surface area contributed by atoms with Crippen LogP contribution in [0.3, 0.4) is 0 Å². The Labute approximate surface area is 266 Å². The molecule has 11 heteroatoms. The van der Waals surface area contributed by atoms with Crippen molar-refractivity contribution < 1.29 is 23.4 Å². The third kappa shape index (κ3) is 6.16. The summed E-state index contributed by atoms with van der Waals surface area (Å²) in [5.74, 6) is 1.41. The number of aromatic nitrogens is 2. The van der Waals surface area contributed by atoms with Gasteiger partial charge in [0.25, 0.3) is 11.5 Å². The largest absolute Gasteiger partial charge is 0.496 e. The number of amides is 1. The average Bonchev–Trinajstić information content (AvgIpc) is 3.49.